The van der Waals surface area contributed by atoms with Crippen molar-refractivity contribution in [1.82, 2.24) is 5.32 Å². The molecule has 2 unspecified atom stereocenters. The minimum Gasteiger partial charge on any atom is -0.307 e. The quantitative estimate of drug-likeness (QED) is 0.749. The van der Waals surface area contributed by atoms with Crippen LogP contribution in [0.4, 0.5) is 4.39 Å². The molecule has 0 aromatic heterocycles. The van der Waals surface area contributed by atoms with Crippen LogP contribution in [0, 0.1) is 5.82 Å². The number of nitrogens with one attached hydrogen (secondary N) is 1. The Morgan fingerprint density at radius 1 is 1.05 bits per heavy atom. The lowest BCUT2D eigenvalue weighted by Crippen LogP contribution is -2.31. The molecule has 0 saturated heterocycles. The molecule has 2 rings (SSSR count). The molecule has 0 bridgehead atoms. The maximum Gasteiger partial charge on any atom is 0.123 e. The van der Waals surface area contributed by atoms with E-state index in [0.717, 1.165) is 22.9 Å². The Morgan fingerprint density at radius 2 is 1.67 bits per heavy atom. The van der Waals surface area contributed by atoms with E-state index < -0.39 is 0 Å². The van der Waals surface area contributed by atoms with E-state index in [0.29, 0.717) is 6.04 Å². The normalized spacial score (nSPS) is 13.9. The van der Waals surface area contributed by atoms with Crippen molar-refractivity contribution in [3.8, 4) is 0 Å². The molecule has 0 aliphatic rings. The van der Waals surface area contributed by atoms with Gasteiger partial charge in [0.25, 0.3) is 0 Å². The molecule has 0 amide bonds. The van der Waals surface area contributed by atoms with Crippen LogP contribution in [0.25, 0.3) is 0 Å². The average Bonchev–Trinajstić information content (AvgIpc) is 2.48. The smallest absolute Gasteiger partial charge is 0.123 e. The lowest BCUT2D eigenvalue weighted by molar-refractivity contribution is 0.443. The fourth-order valence-corrected chi connectivity index (χ4v) is 2.79. The summed E-state index contributed by atoms with van der Waals surface area (Å²) in [6.07, 6.45) is 1.96. The lowest BCUT2D eigenvalue weighted by atomic mass is 10.0. The van der Waals surface area contributed by atoms with Crippen LogP contribution >= 0.6 is 15.9 Å². The van der Waals surface area contributed by atoms with Crippen LogP contribution in [-0.4, -0.2) is 6.04 Å². The highest BCUT2D eigenvalue weighted by Gasteiger charge is 2.13. The summed E-state index contributed by atoms with van der Waals surface area (Å²) < 4.78 is 14.1. The molecule has 0 spiro atoms. The van der Waals surface area contributed by atoms with Crippen molar-refractivity contribution in [2.24, 2.45) is 0 Å². The summed E-state index contributed by atoms with van der Waals surface area (Å²) in [4.78, 5) is 0. The Kier molecular flexibility index (Phi) is 5.95. The largest absolute Gasteiger partial charge is 0.307 e. The number of hydrogen-bond acceptors (Lipinski definition) is 1. The predicted octanol–water partition coefficient (Wildman–Crippen LogP) is 5.26. The van der Waals surface area contributed by atoms with Crippen molar-refractivity contribution in [1.29, 1.82) is 0 Å². The highest BCUT2D eigenvalue weighted by Crippen LogP contribution is 2.19. The van der Waals surface area contributed by atoms with Gasteiger partial charge in [0.05, 0.1) is 0 Å². The van der Waals surface area contributed by atoms with E-state index in [1.165, 1.54) is 17.7 Å². The van der Waals surface area contributed by atoms with Gasteiger partial charge in [-0.25, -0.2) is 4.39 Å². The van der Waals surface area contributed by atoms with Gasteiger partial charge in [0, 0.05) is 16.6 Å². The van der Waals surface area contributed by atoms with Gasteiger partial charge in [0.15, 0.2) is 0 Å². The van der Waals surface area contributed by atoms with Gasteiger partial charge in [-0.15, -0.1) is 0 Å². The highest BCUT2D eigenvalue weighted by atomic mass is 79.9. The van der Waals surface area contributed by atoms with Crippen LogP contribution in [0.2, 0.25) is 0 Å². The zero-order chi connectivity index (χ0) is 15.2. The molecule has 0 aliphatic carbocycles. The minimum atomic E-state index is -0.184. The molecule has 2 aromatic carbocycles. The second-order valence-corrected chi connectivity index (χ2v) is 6.33. The Balaban J connectivity index is 1.97. The Morgan fingerprint density at radius 3 is 2.24 bits per heavy atom. The maximum atomic E-state index is 13.0. The summed E-state index contributed by atoms with van der Waals surface area (Å²) in [6, 6.07) is 15.8. The SMILES string of the molecule is CCC(NC(C)Cc1ccc(Br)cc1)c1ccc(F)cc1. The second-order valence-electron chi connectivity index (χ2n) is 5.41. The molecule has 112 valence electrons. The van der Waals surface area contributed by atoms with Crippen LogP contribution in [-0.2, 0) is 6.42 Å². The standard InChI is InChI=1S/C18H21BrFN/c1-3-18(15-6-10-17(20)11-7-15)21-13(2)12-14-4-8-16(19)9-5-14/h4-11,13,18,21H,3,12H2,1-2H3. The summed E-state index contributed by atoms with van der Waals surface area (Å²) in [5.41, 5.74) is 2.45. The Bertz CT molecular complexity index is 550. The zero-order valence-electron chi connectivity index (χ0n) is 12.4. The van der Waals surface area contributed by atoms with Crippen molar-refractivity contribution in [2.75, 3.05) is 0 Å². The van der Waals surface area contributed by atoms with E-state index in [9.17, 15) is 4.39 Å². The van der Waals surface area contributed by atoms with E-state index >= 15 is 0 Å². The first-order chi connectivity index (χ1) is 10.1. The van der Waals surface area contributed by atoms with Crippen molar-refractivity contribution in [3.63, 3.8) is 0 Å². The number of hydrogen-bond donors (Lipinski definition) is 1. The molecule has 21 heavy (non-hydrogen) atoms. The Labute approximate surface area is 134 Å². The molecule has 0 aliphatic heterocycles. The van der Waals surface area contributed by atoms with Gasteiger partial charge in [-0.3, -0.25) is 0 Å². The third-order valence-corrected chi connectivity index (χ3v) is 4.15. The van der Waals surface area contributed by atoms with Gasteiger partial charge in [-0.2, -0.15) is 0 Å². The average molecular weight is 350 g/mol. The molecule has 0 radical (unpaired) electrons. The monoisotopic (exact) mass is 349 g/mol. The summed E-state index contributed by atoms with van der Waals surface area (Å²) >= 11 is 3.45. The van der Waals surface area contributed by atoms with Crippen LogP contribution in [0.3, 0.4) is 0 Å². The fraction of sp³-hybridized carbons (Fsp3) is 0.333. The van der Waals surface area contributed by atoms with Crippen molar-refractivity contribution in [2.45, 2.75) is 38.8 Å². The molecule has 2 aromatic rings. The van der Waals surface area contributed by atoms with Crippen LogP contribution in [0.15, 0.2) is 53.0 Å². The minimum absolute atomic E-state index is 0.184. The van der Waals surface area contributed by atoms with Crippen LogP contribution in [0.1, 0.15) is 37.4 Å². The zero-order valence-corrected chi connectivity index (χ0v) is 14.0. The number of halogens is 2. The maximum absolute atomic E-state index is 13.0. The van der Waals surface area contributed by atoms with Crippen LogP contribution < -0.4 is 5.32 Å². The molecular formula is C18H21BrFN. The first-order valence-electron chi connectivity index (χ1n) is 7.34. The number of benzene rings is 2. The van der Waals surface area contributed by atoms with E-state index in [1.807, 2.05) is 12.1 Å². The highest BCUT2D eigenvalue weighted by molar-refractivity contribution is 9.10. The van der Waals surface area contributed by atoms with E-state index in [1.54, 1.807) is 0 Å². The molecule has 0 saturated carbocycles. The second kappa shape index (κ2) is 7.71. The molecule has 3 heteroatoms. The van der Waals surface area contributed by atoms with Crippen molar-refractivity contribution >= 4 is 15.9 Å². The molecular weight excluding hydrogens is 329 g/mol. The van der Waals surface area contributed by atoms with Gasteiger partial charge >= 0.3 is 0 Å². The Hall–Kier alpha value is -1.19. The number of rotatable bonds is 6. The van der Waals surface area contributed by atoms with Crippen LogP contribution in [0.5, 0.6) is 0 Å². The predicted molar refractivity (Wildman–Crippen MR) is 89.9 cm³/mol. The molecule has 0 fully saturated rings. The van der Waals surface area contributed by atoms with E-state index in [4.69, 9.17) is 0 Å². The first kappa shape index (κ1) is 16.2. The molecule has 1 N–H and O–H groups in total. The summed E-state index contributed by atoms with van der Waals surface area (Å²) in [7, 11) is 0. The van der Waals surface area contributed by atoms with Crippen molar-refractivity contribution in [3.05, 3.63) is 69.9 Å². The molecule has 1 nitrogen and oxygen atoms in total. The topological polar surface area (TPSA) is 12.0 Å². The van der Waals surface area contributed by atoms with E-state index in [2.05, 4.69) is 59.4 Å². The fourth-order valence-electron chi connectivity index (χ4n) is 2.52. The third-order valence-electron chi connectivity index (χ3n) is 3.62. The molecule has 2 atom stereocenters. The van der Waals surface area contributed by atoms with Gasteiger partial charge < -0.3 is 5.32 Å². The van der Waals surface area contributed by atoms with Gasteiger partial charge in [0.2, 0.25) is 0 Å². The van der Waals surface area contributed by atoms with E-state index in [-0.39, 0.29) is 11.9 Å². The van der Waals surface area contributed by atoms with Gasteiger partial charge in [-0.05, 0) is 55.2 Å². The van der Waals surface area contributed by atoms with Gasteiger partial charge in [-0.1, -0.05) is 47.1 Å². The molecule has 0 heterocycles. The first-order valence-corrected chi connectivity index (χ1v) is 8.13. The van der Waals surface area contributed by atoms with Crippen molar-refractivity contribution < 1.29 is 4.39 Å². The lowest BCUT2D eigenvalue weighted by Gasteiger charge is -2.23. The summed E-state index contributed by atoms with van der Waals surface area (Å²) in [6.45, 7) is 4.33. The third kappa shape index (κ3) is 4.94. The summed E-state index contributed by atoms with van der Waals surface area (Å²) in [5.74, 6) is -0.184. The van der Waals surface area contributed by atoms with Gasteiger partial charge in [0.1, 0.15) is 5.82 Å². The summed E-state index contributed by atoms with van der Waals surface area (Å²) in [5, 5.41) is 3.63.